The van der Waals surface area contributed by atoms with Crippen LogP contribution in [0, 0.1) is 17.7 Å². The summed E-state index contributed by atoms with van der Waals surface area (Å²) in [6.07, 6.45) is 0.501. The van der Waals surface area contributed by atoms with Gasteiger partial charge in [0.25, 0.3) is 0 Å². The first-order valence-electron chi connectivity index (χ1n) is 6.61. The van der Waals surface area contributed by atoms with Gasteiger partial charge in [-0.15, -0.1) is 0 Å². The Morgan fingerprint density at radius 3 is 2.57 bits per heavy atom. The Bertz CT molecular complexity index is 609. The molecule has 2 heterocycles. The minimum atomic E-state index is -1.04. The van der Waals surface area contributed by atoms with Gasteiger partial charge in [-0.2, -0.15) is 0 Å². The first-order chi connectivity index (χ1) is 9.97. The van der Waals surface area contributed by atoms with Crippen LogP contribution in [0.25, 0.3) is 0 Å². The number of aliphatic carboxylic acids is 1. The van der Waals surface area contributed by atoms with Crippen LogP contribution in [0.4, 0.5) is 10.1 Å². The van der Waals surface area contributed by atoms with Gasteiger partial charge in [-0.25, -0.2) is 4.39 Å². The lowest BCUT2D eigenvalue weighted by atomic mass is 9.78. The van der Waals surface area contributed by atoms with Crippen molar-refractivity contribution in [2.75, 3.05) is 5.32 Å². The lowest BCUT2D eigenvalue weighted by Crippen LogP contribution is -2.41. The molecule has 2 aliphatic rings. The van der Waals surface area contributed by atoms with Gasteiger partial charge in [0.05, 0.1) is 29.7 Å². The standard InChI is InChI=1S/C14H13BrFNO4/c15-6-1-2-8(7(16)5-6)17-13(18)11-9-3-4-10(21-9)12(11)14(19)20/h1-2,5,9-12H,3-4H2,(H,17,18)(H,19,20)/t9-,10+,11-,12-/m0/s1. The van der Waals surface area contributed by atoms with E-state index in [0.717, 1.165) is 0 Å². The van der Waals surface area contributed by atoms with E-state index in [1.54, 1.807) is 6.07 Å². The number of carboxylic acid groups (broad SMARTS) is 1. The summed E-state index contributed by atoms with van der Waals surface area (Å²) in [5, 5.41) is 11.7. The maximum Gasteiger partial charge on any atom is 0.310 e. The zero-order chi connectivity index (χ0) is 15.1. The molecule has 5 nitrogen and oxygen atoms in total. The van der Waals surface area contributed by atoms with E-state index in [9.17, 15) is 19.1 Å². The Balaban J connectivity index is 1.80. The molecule has 2 fully saturated rings. The van der Waals surface area contributed by atoms with Crippen molar-refractivity contribution in [2.24, 2.45) is 11.8 Å². The fourth-order valence-corrected chi connectivity index (χ4v) is 3.46. The molecule has 2 N–H and O–H groups in total. The SMILES string of the molecule is O=C(Nc1ccc(Br)cc1F)[C@@H]1[C@@H](C(=O)O)[C@H]2CC[C@@H]1O2. The van der Waals surface area contributed by atoms with E-state index < -0.39 is 41.7 Å². The maximum absolute atomic E-state index is 13.7. The van der Waals surface area contributed by atoms with Crippen LogP contribution in [0.1, 0.15) is 12.8 Å². The smallest absolute Gasteiger partial charge is 0.310 e. The van der Waals surface area contributed by atoms with Gasteiger partial charge in [0.15, 0.2) is 0 Å². The van der Waals surface area contributed by atoms with Crippen LogP contribution < -0.4 is 5.32 Å². The molecule has 2 bridgehead atoms. The molecule has 0 saturated carbocycles. The zero-order valence-corrected chi connectivity index (χ0v) is 12.5. The Kier molecular flexibility index (Phi) is 3.71. The van der Waals surface area contributed by atoms with Crippen LogP contribution in [0.5, 0.6) is 0 Å². The molecule has 0 aliphatic carbocycles. The van der Waals surface area contributed by atoms with E-state index in [-0.39, 0.29) is 5.69 Å². The second-order valence-electron chi connectivity index (χ2n) is 5.29. The fraction of sp³-hybridized carbons (Fsp3) is 0.429. The molecular weight excluding hydrogens is 345 g/mol. The summed E-state index contributed by atoms with van der Waals surface area (Å²) in [6.45, 7) is 0. The Morgan fingerprint density at radius 2 is 1.95 bits per heavy atom. The summed E-state index contributed by atoms with van der Waals surface area (Å²) < 4.78 is 19.8. The molecule has 112 valence electrons. The number of anilines is 1. The van der Waals surface area contributed by atoms with Crippen molar-refractivity contribution in [1.29, 1.82) is 0 Å². The molecule has 4 atom stereocenters. The molecule has 7 heteroatoms. The zero-order valence-electron chi connectivity index (χ0n) is 10.9. The molecule has 0 unspecified atom stereocenters. The van der Waals surface area contributed by atoms with E-state index in [2.05, 4.69) is 21.2 Å². The van der Waals surface area contributed by atoms with Crippen LogP contribution in [0.15, 0.2) is 22.7 Å². The van der Waals surface area contributed by atoms with Gasteiger partial charge >= 0.3 is 5.97 Å². The minimum absolute atomic E-state index is 0.0371. The summed E-state index contributed by atoms with van der Waals surface area (Å²) in [7, 11) is 0. The Hall–Kier alpha value is -1.47. The number of halogens is 2. The number of fused-ring (bicyclic) bond motifs is 2. The number of ether oxygens (including phenoxy) is 1. The Morgan fingerprint density at radius 1 is 1.29 bits per heavy atom. The number of carbonyl (C=O) groups excluding carboxylic acids is 1. The van der Waals surface area contributed by atoms with E-state index >= 15 is 0 Å². The van der Waals surface area contributed by atoms with Gasteiger partial charge in [0.2, 0.25) is 5.91 Å². The Labute approximate surface area is 128 Å². The van der Waals surface area contributed by atoms with Crippen molar-refractivity contribution in [3.63, 3.8) is 0 Å². The summed E-state index contributed by atoms with van der Waals surface area (Å²) in [4.78, 5) is 23.7. The largest absolute Gasteiger partial charge is 0.481 e. The third-order valence-electron chi connectivity index (χ3n) is 4.05. The van der Waals surface area contributed by atoms with Crippen molar-refractivity contribution in [1.82, 2.24) is 0 Å². The van der Waals surface area contributed by atoms with Crippen molar-refractivity contribution >= 4 is 33.5 Å². The normalized spacial score (nSPS) is 30.4. The number of carboxylic acids is 1. The van der Waals surface area contributed by atoms with Crippen LogP contribution in [0.3, 0.4) is 0 Å². The van der Waals surface area contributed by atoms with Crippen LogP contribution in [-0.2, 0) is 14.3 Å². The number of rotatable bonds is 3. The average Bonchev–Trinajstić information content (AvgIpc) is 3.02. The fourth-order valence-electron chi connectivity index (χ4n) is 3.13. The molecule has 0 aromatic heterocycles. The molecule has 21 heavy (non-hydrogen) atoms. The monoisotopic (exact) mass is 357 g/mol. The number of hydrogen-bond acceptors (Lipinski definition) is 3. The molecule has 0 radical (unpaired) electrons. The van der Waals surface area contributed by atoms with Crippen LogP contribution in [-0.4, -0.2) is 29.2 Å². The van der Waals surface area contributed by atoms with Crippen LogP contribution >= 0.6 is 15.9 Å². The lowest BCUT2D eigenvalue weighted by Gasteiger charge is -2.23. The van der Waals surface area contributed by atoms with E-state index in [4.69, 9.17) is 4.74 Å². The van der Waals surface area contributed by atoms with Crippen molar-refractivity contribution in [3.05, 3.63) is 28.5 Å². The molecule has 2 aliphatic heterocycles. The van der Waals surface area contributed by atoms with Crippen LogP contribution in [0.2, 0.25) is 0 Å². The number of hydrogen-bond donors (Lipinski definition) is 2. The summed E-state index contributed by atoms with van der Waals surface area (Å²) in [5.41, 5.74) is 0.0371. The maximum atomic E-state index is 13.7. The van der Waals surface area contributed by atoms with Crippen molar-refractivity contribution in [3.8, 4) is 0 Å². The van der Waals surface area contributed by atoms with E-state index in [1.807, 2.05) is 0 Å². The van der Waals surface area contributed by atoms with Gasteiger partial charge in [0.1, 0.15) is 5.82 Å². The topological polar surface area (TPSA) is 75.6 Å². The third kappa shape index (κ3) is 2.55. The summed E-state index contributed by atoms with van der Waals surface area (Å²) in [6, 6.07) is 4.27. The van der Waals surface area contributed by atoms with Crippen molar-refractivity contribution < 1.29 is 23.8 Å². The minimum Gasteiger partial charge on any atom is -0.481 e. The summed E-state index contributed by atoms with van der Waals surface area (Å²) in [5.74, 6) is -3.75. The van der Waals surface area contributed by atoms with Gasteiger partial charge in [-0.05, 0) is 31.0 Å². The third-order valence-corrected chi connectivity index (χ3v) is 4.54. The lowest BCUT2D eigenvalue weighted by molar-refractivity contribution is -0.147. The highest BCUT2D eigenvalue weighted by Gasteiger charge is 2.55. The first kappa shape index (κ1) is 14.5. The number of benzene rings is 1. The van der Waals surface area contributed by atoms with Gasteiger partial charge in [0, 0.05) is 4.47 Å². The molecule has 1 aromatic carbocycles. The molecule has 1 aromatic rings. The number of amides is 1. The number of carbonyl (C=O) groups is 2. The predicted octanol–water partition coefficient (Wildman–Crippen LogP) is 2.40. The summed E-state index contributed by atoms with van der Waals surface area (Å²) >= 11 is 3.13. The highest BCUT2D eigenvalue weighted by molar-refractivity contribution is 9.10. The van der Waals surface area contributed by atoms with E-state index in [1.165, 1.54) is 12.1 Å². The van der Waals surface area contributed by atoms with Crippen molar-refractivity contribution in [2.45, 2.75) is 25.0 Å². The molecular formula is C14H13BrFNO4. The number of nitrogens with one attached hydrogen (secondary N) is 1. The second-order valence-corrected chi connectivity index (χ2v) is 6.21. The van der Waals surface area contributed by atoms with Gasteiger partial charge in [-0.1, -0.05) is 15.9 Å². The quantitative estimate of drug-likeness (QED) is 0.870. The van der Waals surface area contributed by atoms with Gasteiger partial charge in [-0.3, -0.25) is 9.59 Å². The predicted molar refractivity (Wildman–Crippen MR) is 75.2 cm³/mol. The molecule has 1 amide bonds. The first-order valence-corrected chi connectivity index (χ1v) is 7.41. The molecule has 3 rings (SSSR count). The molecule has 2 saturated heterocycles. The highest BCUT2D eigenvalue weighted by atomic mass is 79.9. The highest BCUT2D eigenvalue weighted by Crippen LogP contribution is 2.44. The van der Waals surface area contributed by atoms with E-state index in [0.29, 0.717) is 17.3 Å². The second kappa shape index (κ2) is 5.38. The molecule has 0 spiro atoms. The average molecular weight is 358 g/mol. The van der Waals surface area contributed by atoms with Gasteiger partial charge < -0.3 is 15.2 Å².